The summed E-state index contributed by atoms with van der Waals surface area (Å²) in [5, 5.41) is 13.5. The van der Waals surface area contributed by atoms with Gasteiger partial charge in [-0.05, 0) is 35.8 Å². The zero-order valence-electron chi connectivity index (χ0n) is 16.3. The van der Waals surface area contributed by atoms with Crippen LogP contribution in [0.25, 0.3) is 0 Å². The van der Waals surface area contributed by atoms with E-state index in [0.717, 1.165) is 5.56 Å². The third-order valence-electron chi connectivity index (χ3n) is 4.88. The molecule has 0 radical (unpaired) electrons. The SMILES string of the molecule is COc1cc(Cn2cc(CO[Si](C)(C)C(C)(C)C)cn2)cc(F)c1C#N. The molecule has 1 aromatic heterocycles. The number of benzene rings is 1. The molecule has 0 unspecified atom stereocenters. The summed E-state index contributed by atoms with van der Waals surface area (Å²) in [7, 11) is -0.396. The monoisotopic (exact) mass is 375 g/mol. The number of aromatic nitrogens is 2. The summed E-state index contributed by atoms with van der Waals surface area (Å²) in [6.07, 6.45) is 3.67. The lowest BCUT2D eigenvalue weighted by molar-refractivity contribution is 0.276. The number of hydrogen-bond donors (Lipinski definition) is 0. The van der Waals surface area contributed by atoms with Gasteiger partial charge in [-0.1, -0.05) is 20.8 Å². The molecule has 2 rings (SSSR count). The fourth-order valence-corrected chi connectivity index (χ4v) is 3.19. The fourth-order valence-electron chi connectivity index (χ4n) is 2.23. The molecule has 0 fully saturated rings. The standard InChI is InChI=1S/C19H26FN3O2Si/c1-19(2,3)26(5,6)25-13-15-10-22-23(12-15)11-14-7-17(20)16(9-21)18(8-14)24-4/h7-8,10,12H,11,13H2,1-6H3. The Morgan fingerprint density at radius 3 is 2.54 bits per heavy atom. The first kappa shape index (κ1) is 20.1. The van der Waals surface area contributed by atoms with Crippen LogP contribution in [0.3, 0.4) is 0 Å². The predicted molar refractivity (Wildman–Crippen MR) is 101 cm³/mol. The number of methoxy groups -OCH3 is 1. The zero-order valence-corrected chi connectivity index (χ0v) is 17.3. The Morgan fingerprint density at radius 2 is 1.96 bits per heavy atom. The Labute approximate surface area is 155 Å². The maximum atomic E-state index is 14.0. The van der Waals surface area contributed by atoms with Gasteiger partial charge in [0.2, 0.25) is 0 Å². The van der Waals surface area contributed by atoms with Gasteiger partial charge in [0.05, 0.1) is 26.5 Å². The molecule has 0 N–H and O–H groups in total. The van der Waals surface area contributed by atoms with Crippen molar-refractivity contribution in [1.29, 1.82) is 5.26 Å². The lowest BCUT2D eigenvalue weighted by Gasteiger charge is -2.36. The van der Waals surface area contributed by atoms with Crippen molar-refractivity contribution in [2.45, 2.75) is 52.1 Å². The fraction of sp³-hybridized carbons (Fsp3) is 0.474. The summed E-state index contributed by atoms with van der Waals surface area (Å²) >= 11 is 0. The zero-order chi connectivity index (χ0) is 19.5. The number of nitriles is 1. The second-order valence-electron chi connectivity index (χ2n) is 7.86. The Morgan fingerprint density at radius 1 is 1.27 bits per heavy atom. The molecule has 0 aliphatic heterocycles. The molecule has 0 spiro atoms. The minimum absolute atomic E-state index is 0.0832. The predicted octanol–water partition coefficient (Wildman–Crippen LogP) is 4.47. The van der Waals surface area contributed by atoms with Gasteiger partial charge < -0.3 is 9.16 Å². The molecule has 5 nitrogen and oxygen atoms in total. The number of halogens is 1. The molecular weight excluding hydrogens is 349 g/mol. The van der Waals surface area contributed by atoms with Crippen LogP contribution in [0, 0.1) is 17.1 Å². The van der Waals surface area contributed by atoms with E-state index in [1.54, 1.807) is 16.9 Å². The van der Waals surface area contributed by atoms with Gasteiger partial charge in [0.1, 0.15) is 23.2 Å². The van der Waals surface area contributed by atoms with Crippen LogP contribution in [0.15, 0.2) is 24.5 Å². The molecule has 0 aliphatic rings. The largest absolute Gasteiger partial charge is 0.495 e. The van der Waals surface area contributed by atoms with Gasteiger partial charge in [-0.3, -0.25) is 4.68 Å². The van der Waals surface area contributed by atoms with E-state index in [0.29, 0.717) is 18.7 Å². The number of nitrogens with zero attached hydrogens (tertiary/aromatic N) is 3. The molecule has 140 valence electrons. The number of hydrogen-bond acceptors (Lipinski definition) is 4. The molecule has 7 heteroatoms. The van der Waals surface area contributed by atoms with E-state index in [2.05, 4.69) is 39.0 Å². The minimum Gasteiger partial charge on any atom is -0.495 e. The summed E-state index contributed by atoms with van der Waals surface area (Å²) in [5.74, 6) is -0.355. The summed E-state index contributed by atoms with van der Waals surface area (Å²) < 4.78 is 27.0. The van der Waals surface area contributed by atoms with Gasteiger partial charge in [-0.2, -0.15) is 10.4 Å². The highest BCUT2D eigenvalue weighted by molar-refractivity contribution is 6.74. The Kier molecular flexibility index (Phi) is 5.89. The quantitative estimate of drug-likeness (QED) is 0.699. The molecule has 0 bridgehead atoms. The molecule has 0 atom stereocenters. The molecule has 0 saturated carbocycles. The van der Waals surface area contributed by atoms with Crippen molar-refractivity contribution in [2.75, 3.05) is 7.11 Å². The van der Waals surface area contributed by atoms with Gasteiger partial charge in [0.15, 0.2) is 8.32 Å². The normalized spacial score (nSPS) is 12.1. The van der Waals surface area contributed by atoms with Crippen LogP contribution in [0.4, 0.5) is 4.39 Å². The van der Waals surface area contributed by atoms with Crippen molar-refractivity contribution in [3.05, 3.63) is 47.0 Å². The van der Waals surface area contributed by atoms with Gasteiger partial charge >= 0.3 is 0 Å². The minimum atomic E-state index is -1.82. The Hall–Kier alpha value is -2.17. The molecule has 1 aromatic carbocycles. The third kappa shape index (κ3) is 4.51. The molecule has 0 saturated heterocycles. The van der Waals surface area contributed by atoms with E-state index in [-0.39, 0.29) is 16.4 Å². The molecule has 2 aromatic rings. The highest BCUT2D eigenvalue weighted by atomic mass is 28.4. The lowest BCUT2D eigenvalue weighted by Crippen LogP contribution is -2.40. The third-order valence-corrected chi connectivity index (χ3v) is 9.36. The molecule has 0 amide bonds. The van der Waals surface area contributed by atoms with E-state index < -0.39 is 14.1 Å². The van der Waals surface area contributed by atoms with E-state index >= 15 is 0 Å². The average Bonchev–Trinajstić information content (AvgIpc) is 2.99. The average molecular weight is 376 g/mol. The number of rotatable bonds is 6. The van der Waals surface area contributed by atoms with Crippen LogP contribution in [-0.2, 0) is 17.6 Å². The topological polar surface area (TPSA) is 60.1 Å². The Balaban J connectivity index is 2.10. The van der Waals surface area contributed by atoms with Crippen molar-refractivity contribution in [2.24, 2.45) is 0 Å². The van der Waals surface area contributed by atoms with Gasteiger partial charge in [0.25, 0.3) is 0 Å². The highest BCUT2D eigenvalue weighted by Crippen LogP contribution is 2.37. The van der Waals surface area contributed by atoms with Crippen molar-refractivity contribution in [3.8, 4) is 11.8 Å². The van der Waals surface area contributed by atoms with Gasteiger partial charge in [-0.15, -0.1) is 0 Å². The lowest BCUT2D eigenvalue weighted by atomic mass is 10.1. The second-order valence-corrected chi connectivity index (χ2v) is 12.7. The summed E-state index contributed by atoms with van der Waals surface area (Å²) in [6.45, 7) is 11.9. The summed E-state index contributed by atoms with van der Waals surface area (Å²) in [6, 6.07) is 4.82. The first-order chi connectivity index (χ1) is 12.1. The Bertz CT molecular complexity index is 819. The maximum absolute atomic E-state index is 14.0. The van der Waals surface area contributed by atoms with Crippen molar-refractivity contribution in [3.63, 3.8) is 0 Å². The van der Waals surface area contributed by atoms with Crippen LogP contribution in [0.5, 0.6) is 5.75 Å². The second kappa shape index (κ2) is 7.60. The van der Waals surface area contributed by atoms with E-state index in [4.69, 9.17) is 14.4 Å². The maximum Gasteiger partial charge on any atom is 0.192 e. The van der Waals surface area contributed by atoms with Gasteiger partial charge in [0, 0.05) is 11.8 Å². The van der Waals surface area contributed by atoms with E-state index in [1.807, 2.05) is 12.3 Å². The van der Waals surface area contributed by atoms with Crippen molar-refractivity contribution in [1.82, 2.24) is 9.78 Å². The van der Waals surface area contributed by atoms with Crippen LogP contribution in [0.2, 0.25) is 18.1 Å². The van der Waals surface area contributed by atoms with Crippen LogP contribution >= 0.6 is 0 Å². The highest BCUT2D eigenvalue weighted by Gasteiger charge is 2.37. The van der Waals surface area contributed by atoms with Crippen LogP contribution in [0.1, 0.15) is 37.5 Å². The molecular formula is C19H26FN3O2Si. The summed E-state index contributed by atoms with van der Waals surface area (Å²) in [5.41, 5.74) is 1.58. The first-order valence-corrected chi connectivity index (χ1v) is 11.4. The number of ether oxygens (including phenoxy) is 1. The molecule has 26 heavy (non-hydrogen) atoms. The van der Waals surface area contributed by atoms with Gasteiger partial charge in [-0.25, -0.2) is 4.39 Å². The van der Waals surface area contributed by atoms with Crippen molar-refractivity contribution < 1.29 is 13.6 Å². The smallest absolute Gasteiger partial charge is 0.192 e. The molecule has 1 heterocycles. The summed E-state index contributed by atoms with van der Waals surface area (Å²) in [4.78, 5) is 0. The van der Waals surface area contributed by atoms with Crippen molar-refractivity contribution >= 4 is 8.32 Å². The van der Waals surface area contributed by atoms with Crippen LogP contribution in [-0.4, -0.2) is 25.2 Å². The van der Waals surface area contributed by atoms with Crippen LogP contribution < -0.4 is 4.74 Å². The van der Waals surface area contributed by atoms with E-state index in [1.165, 1.54) is 13.2 Å². The molecule has 0 aliphatic carbocycles. The first-order valence-electron chi connectivity index (χ1n) is 8.49. The van der Waals surface area contributed by atoms with E-state index in [9.17, 15) is 4.39 Å².